The molecule has 162 valence electrons. The van der Waals surface area contributed by atoms with Gasteiger partial charge in [-0.3, -0.25) is 4.99 Å². The molecule has 0 saturated heterocycles. The van der Waals surface area contributed by atoms with Crippen molar-refractivity contribution in [2.75, 3.05) is 14.2 Å². The van der Waals surface area contributed by atoms with Crippen LogP contribution in [0.2, 0.25) is 0 Å². The number of nitrogens with zero attached hydrogens (tertiary/aromatic N) is 2. The largest absolute Gasteiger partial charge is 0.497 e. The second-order valence-corrected chi connectivity index (χ2v) is 7.70. The van der Waals surface area contributed by atoms with E-state index < -0.39 is 11.5 Å². The van der Waals surface area contributed by atoms with Gasteiger partial charge in [-0.25, -0.2) is 9.18 Å². The molecule has 1 aromatic heterocycles. The highest BCUT2D eigenvalue weighted by Gasteiger charge is 2.28. The summed E-state index contributed by atoms with van der Waals surface area (Å²) in [5, 5.41) is 0.964. The zero-order chi connectivity index (χ0) is 22.6. The lowest BCUT2D eigenvalue weighted by molar-refractivity contribution is -0.145. The Balaban J connectivity index is 2.18. The van der Waals surface area contributed by atoms with Crippen LogP contribution in [0.25, 0.3) is 22.2 Å². The zero-order valence-corrected chi connectivity index (χ0v) is 18.5. The number of rotatable bonds is 7. The van der Waals surface area contributed by atoms with Crippen LogP contribution in [0.3, 0.4) is 0 Å². The van der Waals surface area contributed by atoms with Gasteiger partial charge in [0, 0.05) is 22.2 Å². The molecule has 3 rings (SSSR count). The van der Waals surface area contributed by atoms with Gasteiger partial charge in [-0.1, -0.05) is 18.2 Å². The van der Waals surface area contributed by atoms with Crippen LogP contribution in [-0.4, -0.2) is 36.0 Å². The number of hydrogen-bond acceptors (Lipinski definition) is 4. The molecule has 0 spiro atoms. The minimum absolute atomic E-state index is 0.305. The predicted molar refractivity (Wildman–Crippen MR) is 122 cm³/mol. The highest BCUT2D eigenvalue weighted by Crippen LogP contribution is 2.31. The Morgan fingerprint density at radius 3 is 2.58 bits per heavy atom. The van der Waals surface area contributed by atoms with Gasteiger partial charge in [0.25, 0.3) is 0 Å². The number of carbonyl (C=O) groups is 1. The monoisotopic (exact) mass is 422 g/mol. The Hall–Kier alpha value is -3.41. The van der Waals surface area contributed by atoms with Crippen LogP contribution >= 0.6 is 0 Å². The summed E-state index contributed by atoms with van der Waals surface area (Å²) >= 11 is 0. The van der Waals surface area contributed by atoms with Crippen molar-refractivity contribution in [3.63, 3.8) is 0 Å². The summed E-state index contributed by atoms with van der Waals surface area (Å²) in [6, 6.07) is 14.3. The molecule has 0 fully saturated rings. The number of ether oxygens (including phenoxy) is 2. The lowest BCUT2D eigenvalue weighted by Crippen LogP contribution is -2.32. The van der Waals surface area contributed by atoms with E-state index in [0.29, 0.717) is 12.3 Å². The van der Waals surface area contributed by atoms with Crippen LogP contribution in [0.4, 0.5) is 4.39 Å². The van der Waals surface area contributed by atoms with Gasteiger partial charge < -0.3 is 14.0 Å². The van der Waals surface area contributed by atoms with Gasteiger partial charge in [-0.2, -0.15) is 0 Å². The molecule has 0 aliphatic heterocycles. The van der Waals surface area contributed by atoms with E-state index in [1.807, 2.05) is 49.4 Å². The number of carbonyl (C=O) groups excluding carboxylic acids is 1. The lowest BCUT2D eigenvalue weighted by Gasteiger charge is -2.19. The minimum Gasteiger partial charge on any atom is -0.497 e. The molecule has 3 aromatic rings. The molecule has 0 unspecified atom stereocenters. The average molecular weight is 423 g/mol. The zero-order valence-electron chi connectivity index (χ0n) is 18.5. The molecule has 31 heavy (non-hydrogen) atoms. The van der Waals surface area contributed by atoms with E-state index in [1.54, 1.807) is 27.0 Å². The standard InChI is InChI=1S/C25H27FN2O3/c1-6-8-20(27-25(2,3)24(29)31-5)16-28-22-12-11-21(30-4)14-18(22)15-23(28)17-9-7-10-19(26)13-17/h6-15H,16H2,1-5H3/b8-6-,27-20?. The molecule has 0 atom stereocenters. The molecular formula is C25H27FN2O3. The number of aromatic nitrogens is 1. The summed E-state index contributed by atoms with van der Waals surface area (Å²) in [6.45, 7) is 5.72. The maximum Gasteiger partial charge on any atom is 0.333 e. The van der Waals surface area contributed by atoms with E-state index in [4.69, 9.17) is 9.47 Å². The number of esters is 1. The topological polar surface area (TPSA) is 52.8 Å². The fraction of sp³-hybridized carbons (Fsp3) is 0.280. The van der Waals surface area contributed by atoms with Crippen molar-refractivity contribution in [1.82, 2.24) is 4.57 Å². The molecule has 0 N–H and O–H groups in total. The van der Waals surface area contributed by atoms with Gasteiger partial charge >= 0.3 is 5.97 Å². The van der Waals surface area contributed by atoms with Gasteiger partial charge in [0.1, 0.15) is 11.6 Å². The van der Waals surface area contributed by atoms with Crippen LogP contribution < -0.4 is 4.74 Å². The smallest absolute Gasteiger partial charge is 0.333 e. The number of fused-ring (bicyclic) bond motifs is 1. The van der Waals surface area contributed by atoms with Gasteiger partial charge in [-0.15, -0.1) is 0 Å². The number of allylic oxidation sites excluding steroid dienone is 2. The van der Waals surface area contributed by atoms with E-state index in [1.165, 1.54) is 19.2 Å². The third-order valence-electron chi connectivity index (χ3n) is 5.02. The van der Waals surface area contributed by atoms with Crippen LogP contribution in [0.1, 0.15) is 20.8 Å². The Bertz CT molecular complexity index is 1160. The second kappa shape index (κ2) is 9.16. The fourth-order valence-electron chi connectivity index (χ4n) is 3.57. The molecule has 0 saturated carbocycles. The first-order valence-electron chi connectivity index (χ1n) is 10.0. The van der Waals surface area contributed by atoms with Gasteiger partial charge in [0.15, 0.2) is 5.54 Å². The number of hydrogen-bond donors (Lipinski definition) is 0. The van der Waals surface area contributed by atoms with Crippen LogP contribution in [0, 0.1) is 5.82 Å². The van der Waals surface area contributed by atoms with Gasteiger partial charge in [0.05, 0.1) is 26.5 Å². The summed E-state index contributed by atoms with van der Waals surface area (Å²) < 4.78 is 26.3. The van der Waals surface area contributed by atoms with E-state index in [2.05, 4.69) is 9.56 Å². The Morgan fingerprint density at radius 2 is 1.94 bits per heavy atom. The number of benzene rings is 2. The maximum absolute atomic E-state index is 14.0. The Morgan fingerprint density at radius 1 is 1.16 bits per heavy atom. The predicted octanol–water partition coefficient (Wildman–Crippen LogP) is 5.42. The van der Waals surface area contributed by atoms with Crippen molar-refractivity contribution in [3.8, 4) is 17.0 Å². The molecule has 2 aromatic carbocycles. The normalized spacial score (nSPS) is 12.5. The summed E-state index contributed by atoms with van der Waals surface area (Å²) in [5.41, 5.74) is 2.21. The quantitative estimate of drug-likeness (QED) is 0.377. The molecule has 0 aliphatic rings. The van der Waals surface area contributed by atoms with Crippen molar-refractivity contribution in [3.05, 3.63) is 66.5 Å². The van der Waals surface area contributed by atoms with Crippen molar-refractivity contribution < 1.29 is 18.7 Å². The summed E-state index contributed by atoms with van der Waals surface area (Å²) in [6.07, 6.45) is 3.75. The average Bonchev–Trinajstić information content (AvgIpc) is 3.10. The molecule has 5 nitrogen and oxygen atoms in total. The van der Waals surface area contributed by atoms with E-state index in [-0.39, 0.29) is 5.82 Å². The lowest BCUT2D eigenvalue weighted by atomic mass is 10.1. The van der Waals surface area contributed by atoms with Crippen molar-refractivity contribution >= 4 is 22.6 Å². The van der Waals surface area contributed by atoms with E-state index in [9.17, 15) is 9.18 Å². The summed E-state index contributed by atoms with van der Waals surface area (Å²) in [7, 11) is 2.97. The first-order chi connectivity index (χ1) is 14.8. The molecule has 0 radical (unpaired) electrons. The number of methoxy groups -OCH3 is 2. The first-order valence-corrected chi connectivity index (χ1v) is 10.0. The summed E-state index contributed by atoms with van der Waals surface area (Å²) in [5.74, 6) is 0.0209. The highest BCUT2D eigenvalue weighted by molar-refractivity contribution is 5.99. The first kappa shape index (κ1) is 22.3. The van der Waals surface area contributed by atoms with Gasteiger partial charge in [-0.05, 0) is 63.2 Å². The molecular weight excluding hydrogens is 395 g/mol. The van der Waals surface area contributed by atoms with Crippen LogP contribution in [0.5, 0.6) is 5.75 Å². The van der Waals surface area contributed by atoms with Crippen LogP contribution in [0.15, 0.2) is 65.7 Å². The third kappa shape index (κ3) is 4.85. The van der Waals surface area contributed by atoms with Gasteiger partial charge in [0.2, 0.25) is 0 Å². The molecule has 0 aliphatic carbocycles. The Kier molecular flexibility index (Phi) is 6.59. The van der Waals surface area contributed by atoms with Crippen molar-refractivity contribution in [2.24, 2.45) is 4.99 Å². The minimum atomic E-state index is -1.03. The fourth-order valence-corrected chi connectivity index (χ4v) is 3.57. The summed E-state index contributed by atoms with van der Waals surface area (Å²) in [4.78, 5) is 16.8. The third-order valence-corrected chi connectivity index (χ3v) is 5.02. The molecule has 1 heterocycles. The van der Waals surface area contributed by atoms with Crippen molar-refractivity contribution in [2.45, 2.75) is 32.9 Å². The Labute approximate surface area is 181 Å². The van der Waals surface area contributed by atoms with Crippen LogP contribution in [-0.2, 0) is 16.1 Å². The second-order valence-electron chi connectivity index (χ2n) is 7.70. The maximum atomic E-state index is 14.0. The van der Waals surface area contributed by atoms with E-state index in [0.717, 1.165) is 27.9 Å². The highest BCUT2D eigenvalue weighted by atomic mass is 19.1. The van der Waals surface area contributed by atoms with E-state index >= 15 is 0 Å². The SMILES string of the molecule is C/C=C\C(Cn1c(-c2cccc(F)c2)cc2cc(OC)ccc21)=NC(C)(C)C(=O)OC. The number of halogens is 1. The molecule has 6 heteroatoms. The molecule has 0 amide bonds. The number of aliphatic imine (C=N–C) groups is 1. The molecule has 0 bridgehead atoms. The van der Waals surface area contributed by atoms with Crippen molar-refractivity contribution in [1.29, 1.82) is 0 Å².